The maximum absolute atomic E-state index is 14.8. The summed E-state index contributed by atoms with van der Waals surface area (Å²) in [7, 11) is 0. The molecule has 12 atom stereocenters. The van der Waals surface area contributed by atoms with Crippen LogP contribution in [0.15, 0.2) is 0 Å². The number of unbranched alkanes of at least 4 members (excludes halogenated alkanes) is 8. The Kier molecular flexibility index (Phi) is 38.6. The fourth-order valence-electron chi connectivity index (χ4n) is 10.1. The van der Waals surface area contributed by atoms with Crippen molar-refractivity contribution in [2.75, 3.05) is 13.2 Å². The van der Waals surface area contributed by atoms with Crippen molar-refractivity contribution in [1.82, 2.24) is 53.2 Å². The highest BCUT2D eigenvalue weighted by Crippen LogP contribution is 2.17. The molecule has 27 nitrogen and oxygen atoms in total. The van der Waals surface area contributed by atoms with E-state index in [2.05, 4.69) is 60.1 Å². The highest BCUT2D eigenvalue weighted by Gasteiger charge is 2.41. The summed E-state index contributed by atoms with van der Waals surface area (Å²) in [6.07, 6.45) is 5.57. The lowest BCUT2D eigenvalue weighted by molar-refractivity contribution is -0.157. The van der Waals surface area contributed by atoms with Gasteiger partial charge in [-0.25, -0.2) is 4.79 Å². The minimum absolute atomic E-state index is 0.00535. The lowest BCUT2D eigenvalue weighted by Crippen LogP contribution is -2.63. The first-order valence-electron chi connectivity index (χ1n) is 32.5. The van der Waals surface area contributed by atoms with Gasteiger partial charge in [-0.2, -0.15) is 0 Å². The van der Waals surface area contributed by atoms with Gasteiger partial charge in [0, 0.05) is 6.42 Å². The van der Waals surface area contributed by atoms with E-state index in [9.17, 15) is 78.0 Å². The third-order valence-corrected chi connectivity index (χ3v) is 15.2. The summed E-state index contributed by atoms with van der Waals surface area (Å²) in [6.45, 7) is 21.5. The molecule has 10 amide bonds. The van der Waals surface area contributed by atoms with E-state index in [1.807, 2.05) is 0 Å². The number of esters is 1. The lowest BCUT2D eigenvalue weighted by atomic mass is 9.98. The van der Waals surface area contributed by atoms with Crippen molar-refractivity contribution in [2.24, 2.45) is 35.5 Å². The second kappa shape index (κ2) is 42.6. The van der Waals surface area contributed by atoms with Gasteiger partial charge in [0.25, 0.3) is 0 Å². The number of aliphatic carboxylic acids is 1. The van der Waals surface area contributed by atoms with Crippen LogP contribution in [0, 0.1) is 35.5 Å². The number of hydrogen-bond donors (Lipinski definition) is 14. The molecule has 90 heavy (non-hydrogen) atoms. The Morgan fingerprint density at radius 3 is 1.32 bits per heavy atom. The van der Waals surface area contributed by atoms with Gasteiger partial charge >= 0.3 is 11.9 Å². The summed E-state index contributed by atoms with van der Waals surface area (Å²) in [4.78, 5) is 168. The second-order valence-corrected chi connectivity index (χ2v) is 26.4. The van der Waals surface area contributed by atoms with E-state index >= 15 is 0 Å². The number of carbonyl (C=O) groups is 12. The normalized spacial score (nSPS) is 23.5. The second-order valence-electron chi connectivity index (χ2n) is 26.4. The van der Waals surface area contributed by atoms with Crippen molar-refractivity contribution in [1.29, 1.82) is 0 Å². The van der Waals surface area contributed by atoms with Crippen LogP contribution in [-0.2, 0) is 62.3 Å². The van der Waals surface area contributed by atoms with Gasteiger partial charge < -0.3 is 78.3 Å². The molecule has 0 bridgehead atoms. The van der Waals surface area contributed by atoms with Crippen molar-refractivity contribution in [2.45, 2.75) is 279 Å². The van der Waals surface area contributed by atoms with Crippen molar-refractivity contribution in [3.63, 3.8) is 0 Å². The molecule has 1 heterocycles. The smallest absolute Gasteiger partial charge is 0.329 e. The third kappa shape index (κ3) is 31.5. The number of carboxylic acid groups (broad SMARTS) is 1. The Morgan fingerprint density at radius 1 is 0.489 bits per heavy atom. The molecule has 1 aliphatic rings. The first kappa shape index (κ1) is 81.5. The van der Waals surface area contributed by atoms with Gasteiger partial charge in [0.05, 0.1) is 25.7 Å². The number of hydrogen-bond acceptors (Lipinski definition) is 16. The van der Waals surface area contributed by atoms with Crippen LogP contribution in [0.1, 0.15) is 206 Å². The minimum atomic E-state index is -1.99. The van der Waals surface area contributed by atoms with E-state index in [4.69, 9.17) is 4.74 Å². The summed E-state index contributed by atoms with van der Waals surface area (Å²) >= 11 is 0. The van der Waals surface area contributed by atoms with Gasteiger partial charge in [0.1, 0.15) is 66.5 Å². The number of aliphatic hydroxyl groups is 3. The molecule has 1 saturated heterocycles. The van der Waals surface area contributed by atoms with Crippen LogP contribution in [0.3, 0.4) is 0 Å². The maximum Gasteiger partial charge on any atom is 0.329 e. The van der Waals surface area contributed by atoms with Crippen LogP contribution in [-0.4, -0.2) is 177 Å². The molecule has 516 valence electrons. The summed E-state index contributed by atoms with van der Waals surface area (Å²) in [5.41, 5.74) is 0. The molecular weight excluding hydrogens is 1170 g/mol. The zero-order valence-electron chi connectivity index (χ0n) is 55.9. The first-order valence-corrected chi connectivity index (χ1v) is 32.5. The van der Waals surface area contributed by atoms with Gasteiger partial charge in [-0.1, -0.05) is 148 Å². The van der Waals surface area contributed by atoms with Gasteiger partial charge in [-0.15, -0.1) is 0 Å². The SMILES string of the molecule is CCCCCCCCCCC[C@@H](O)CC(=O)N[C@H](CC(C)C)C(=O)N[C@@H](CCC(=O)O)C(=O)N[C@@H]1C(=O)N[C@@H](C(C)C)C(=O)NC(CC(C)C)C(=O)N[C@@H](CO)C(=O)NC(CC(C)C)C(=O)NC(CC(C)C)C(=O)N[C@@H](CO)C(=O)NC(C(C)C)C(=O)O[C@H]1C. The summed E-state index contributed by atoms with van der Waals surface area (Å²) in [6, 6.07) is -15.7. The predicted octanol–water partition coefficient (Wildman–Crippen LogP) is 1.80. The highest BCUT2D eigenvalue weighted by molar-refractivity contribution is 5.99. The highest BCUT2D eigenvalue weighted by atomic mass is 16.5. The average molecular weight is 1280 g/mol. The van der Waals surface area contributed by atoms with E-state index in [1.165, 1.54) is 53.9 Å². The minimum Gasteiger partial charge on any atom is -0.481 e. The number of carbonyl (C=O) groups excluding carboxylic acids is 11. The molecule has 1 fully saturated rings. The molecule has 1 rings (SSSR count). The van der Waals surface area contributed by atoms with Gasteiger partial charge in [-0.3, -0.25) is 52.7 Å². The Bertz CT molecular complexity index is 2320. The van der Waals surface area contributed by atoms with E-state index in [1.54, 1.807) is 55.4 Å². The number of amides is 10. The summed E-state index contributed by atoms with van der Waals surface area (Å²) in [5, 5.41) is 66.8. The standard InChI is InChI=1S/C63H112N10O17/c1-15-16-17-18-19-20-21-22-23-24-41(76)31-49(77)64-43(27-34(2)3)55(81)65-42(25-26-50(78)79)54(80)73-53-40(14)90-63(89)52(39(12)13)72-60(86)48(33-75)70-57(83)45(29-36(6)7)66-56(82)44(28-35(4)5)67-59(85)47(32-74)69-58(84)46(30-37(8)9)68-61(87)51(38(10)11)71-62(53)88/h34-48,51-53,74-76H,15-33H2,1-14H3,(H,64,77)(H,65,81)(H,66,82)(H,67,85)(H,68,87)(H,69,84)(H,70,83)(H,71,88)(H,72,86)(H,73,80)(H,78,79)/t40-,41+,42-,43+,44?,45?,46?,47-,48-,51-,52?,53-/m0/s1. The van der Waals surface area contributed by atoms with Crippen LogP contribution >= 0.6 is 0 Å². The summed E-state index contributed by atoms with van der Waals surface area (Å²) in [5.74, 6) is -14.8. The molecule has 4 unspecified atom stereocenters. The first-order chi connectivity index (χ1) is 42.1. The molecule has 0 aromatic rings. The molecule has 27 heteroatoms. The number of rotatable bonds is 32. The van der Waals surface area contributed by atoms with E-state index in [0.717, 1.165) is 32.1 Å². The fourth-order valence-corrected chi connectivity index (χ4v) is 10.1. The van der Waals surface area contributed by atoms with Crippen molar-refractivity contribution in [3.8, 4) is 0 Å². The molecule has 0 radical (unpaired) electrons. The quantitative estimate of drug-likeness (QED) is 0.0337. The van der Waals surface area contributed by atoms with Crippen LogP contribution in [0.2, 0.25) is 0 Å². The van der Waals surface area contributed by atoms with Gasteiger partial charge in [-0.05, 0) is 81.0 Å². The zero-order valence-corrected chi connectivity index (χ0v) is 55.9. The van der Waals surface area contributed by atoms with Crippen molar-refractivity contribution >= 4 is 71.0 Å². The number of nitrogens with one attached hydrogen (secondary N) is 10. The number of cyclic esters (lactones) is 1. The Morgan fingerprint density at radius 2 is 0.900 bits per heavy atom. The van der Waals surface area contributed by atoms with Crippen molar-refractivity contribution < 1.29 is 82.7 Å². The summed E-state index contributed by atoms with van der Waals surface area (Å²) < 4.78 is 5.82. The van der Waals surface area contributed by atoms with E-state index in [0.29, 0.717) is 12.8 Å². The zero-order chi connectivity index (χ0) is 68.5. The predicted molar refractivity (Wildman–Crippen MR) is 336 cm³/mol. The molecule has 1 aliphatic heterocycles. The lowest BCUT2D eigenvalue weighted by Gasteiger charge is -2.32. The van der Waals surface area contributed by atoms with E-state index < -0.39 is 182 Å². The Labute approximate surface area is 532 Å². The van der Waals surface area contributed by atoms with Crippen molar-refractivity contribution in [3.05, 3.63) is 0 Å². The number of aliphatic hydroxyl groups excluding tert-OH is 3. The molecule has 0 saturated carbocycles. The molecule has 0 spiro atoms. The monoisotopic (exact) mass is 1280 g/mol. The van der Waals surface area contributed by atoms with E-state index in [-0.39, 0.29) is 55.8 Å². The molecular formula is C63H112N10O17. The fraction of sp³-hybridized carbons (Fsp3) is 0.810. The topological polar surface area (TPSA) is 415 Å². The Balaban J connectivity index is 3.98. The number of ether oxygens (including phenoxy) is 1. The average Bonchev–Trinajstić information content (AvgIpc) is 1.42. The van der Waals surface area contributed by atoms with Crippen LogP contribution in [0.25, 0.3) is 0 Å². The largest absolute Gasteiger partial charge is 0.481 e. The van der Waals surface area contributed by atoms with Crippen LogP contribution < -0.4 is 53.2 Å². The maximum atomic E-state index is 14.8. The van der Waals surface area contributed by atoms with Crippen LogP contribution in [0.4, 0.5) is 0 Å². The molecule has 0 aliphatic carbocycles. The third-order valence-electron chi connectivity index (χ3n) is 15.2. The molecule has 0 aromatic carbocycles. The molecule has 14 N–H and O–H groups in total. The van der Waals surface area contributed by atoms with Crippen LogP contribution in [0.5, 0.6) is 0 Å². The Hall–Kier alpha value is -6.48. The van der Waals surface area contributed by atoms with Gasteiger partial charge in [0.2, 0.25) is 59.1 Å². The number of carboxylic acids is 1. The van der Waals surface area contributed by atoms with Gasteiger partial charge in [0.15, 0.2) is 0 Å². The molecule has 0 aromatic heterocycles.